The number of rotatable bonds is 7. The zero-order chi connectivity index (χ0) is 19.6. The van der Waals surface area contributed by atoms with Gasteiger partial charge in [-0.3, -0.25) is 5.43 Å². The second-order valence-electron chi connectivity index (χ2n) is 6.04. The summed E-state index contributed by atoms with van der Waals surface area (Å²) in [5.74, 6) is 0.393. The highest BCUT2D eigenvalue weighted by Crippen LogP contribution is 2.14. The van der Waals surface area contributed by atoms with Crippen LogP contribution >= 0.6 is 12.2 Å². The molecular weight excluding hydrogens is 362 g/mol. The number of hydrogen-bond acceptors (Lipinski definition) is 5. The molecule has 6 nitrogen and oxygen atoms in total. The van der Waals surface area contributed by atoms with Crippen LogP contribution < -0.4 is 15.5 Å². The van der Waals surface area contributed by atoms with Crippen molar-refractivity contribution in [2.75, 3.05) is 7.11 Å². The number of methoxy groups -OCH3 is 1. The summed E-state index contributed by atoms with van der Waals surface area (Å²) >= 11 is 5.09. The number of carbonyl (C=O) groups is 1. The quantitative estimate of drug-likeness (QED) is 0.330. The van der Waals surface area contributed by atoms with Gasteiger partial charge in [-0.1, -0.05) is 12.1 Å². The van der Waals surface area contributed by atoms with Gasteiger partial charge in [0.05, 0.1) is 18.9 Å². The van der Waals surface area contributed by atoms with E-state index >= 15 is 0 Å². The molecular formula is C20H23N3O3S. The van der Waals surface area contributed by atoms with Crippen LogP contribution in [0.2, 0.25) is 0 Å². The molecule has 0 aliphatic rings. The molecule has 2 aromatic rings. The molecule has 0 aliphatic carbocycles. The van der Waals surface area contributed by atoms with Gasteiger partial charge < -0.3 is 14.8 Å². The summed E-state index contributed by atoms with van der Waals surface area (Å²) in [5, 5.41) is 7.62. The third-order valence-corrected chi connectivity index (χ3v) is 3.67. The molecule has 142 valence electrons. The zero-order valence-corrected chi connectivity index (χ0v) is 16.4. The molecule has 0 atom stereocenters. The maximum absolute atomic E-state index is 11.4. The van der Waals surface area contributed by atoms with Gasteiger partial charge in [-0.05, 0) is 73.6 Å². The van der Waals surface area contributed by atoms with E-state index in [0.717, 1.165) is 16.9 Å². The summed E-state index contributed by atoms with van der Waals surface area (Å²) < 4.78 is 10.4. The molecule has 0 unspecified atom stereocenters. The Bertz CT molecular complexity index is 787. The van der Waals surface area contributed by atoms with Crippen LogP contribution in [0.15, 0.2) is 53.6 Å². The lowest BCUT2D eigenvalue weighted by molar-refractivity contribution is 0.0600. The summed E-state index contributed by atoms with van der Waals surface area (Å²) in [6, 6.07) is 14.9. The number of nitrogens with zero attached hydrogens (tertiary/aromatic N) is 1. The molecule has 0 radical (unpaired) electrons. The summed E-state index contributed by atoms with van der Waals surface area (Å²) in [4.78, 5) is 11.4. The fourth-order valence-electron chi connectivity index (χ4n) is 2.13. The van der Waals surface area contributed by atoms with Crippen molar-refractivity contribution < 1.29 is 14.3 Å². The minimum Gasteiger partial charge on any atom is -0.489 e. The second-order valence-corrected chi connectivity index (χ2v) is 6.45. The van der Waals surface area contributed by atoms with Gasteiger partial charge in [-0.15, -0.1) is 0 Å². The van der Waals surface area contributed by atoms with E-state index in [4.69, 9.17) is 17.0 Å². The second kappa shape index (κ2) is 10.3. The largest absolute Gasteiger partial charge is 0.489 e. The van der Waals surface area contributed by atoms with Crippen molar-refractivity contribution in [3.8, 4) is 5.75 Å². The van der Waals surface area contributed by atoms with Gasteiger partial charge in [0, 0.05) is 6.04 Å². The van der Waals surface area contributed by atoms with Gasteiger partial charge in [-0.25, -0.2) is 4.79 Å². The van der Waals surface area contributed by atoms with Crippen molar-refractivity contribution in [2.24, 2.45) is 5.10 Å². The standard InChI is InChI=1S/C20H23N3O3S/c1-14(2)22-20(27)23-21-12-15-6-10-18(11-7-15)26-13-16-4-8-17(9-5-16)19(24)25-3/h4-12,14H,13H2,1-3H3,(H2,22,23,27)/b21-12-. The van der Waals surface area contributed by atoms with E-state index in [0.29, 0.717) is 17.3 Å². The molecule has 0 fully saturated rings. The molecule has 0 aromatic heterocycles. The minimum absolute atomic E-state index is 0.258. The van der Waals surface area contributed by atoms with Crippen molar-refractivity contribution in [3.05, 3.63) is 65.2 Å². The van der Waals surface area contributed by atoms with Gasteiger partial charge in [0.25, 0.3) is 0 Å². The Balaban J connectivity index is 1.83. The van der Waals surface area contributed by atoms with E-state index < -0.39 is 0 Å². The first kappa shape index (κ1) is 20.4. The van der Waals surface area contributed by atoms with Crippen LogP contribution in [0.1, 0.15) is 35.3 Å². The van der Waals surface area contributed by atoms with Gasteiger partial charge in [0.2, 0.25) is 0 Å². The van der Waals surface area contributed by atoms with E-state index in [9.17, 15) is 4.79 Å². The maximum atomic E-state index is 11.4. The van der Waals surface area contributed by atoms with Crippen molar-refractivity contribution in [2.45, 2.75) is 26.5 Å². The van der Waals surface area contributed by atoms with Crippen molar-refractivity contribution in [3.63, 3.8) is 0 Å². The van der Waals surface area contributed by atoms with Crippen LogP contribution in [0, 0.1) is 0 Å². The average Bonchev–Trinajstić information content (AvgIpc) is 2.66. The van der Waals surface area contributed by atoms with Gasteiger partial charge in [-0.2, -0.15) is 5.10 Å². The Hall–Kier alpha value is -2.93. The third-order valence-electron chi connectivity index (χ3n) is 3.46. The van der Waals surface area contributed by atoms with Crippen LogP contribution in [0.4, 0.5) is 0 Å². The number of thiocarbonyl (C=S) groups is 1. The van der Waals surface area contributed by atoms with E-state index in [1.807, 2.05) is 50.2 Å². The van der Waals surface area contributed by atoms with Gasteiger partial charge >= 0.3 is 5.97 Å². The predicted octanol–water partition coefficient (Wildman–Crippen LogP) is 3.26. The Labute approximate surface area is 164 Å². The minimum atomic E-state index is -0.352. The fraction of sp³-hybridized carbons (Fsp3) is 0.250. The van der Waals surface area contributed by atoms with Crippen molar-refractivity contribution in [1.29, 1.82) is 0 Å². The highest BCUT2D eigenvalue weighted by Gasteiger charge is 2.04. The molecule has 2 aromatic carbocycles. The highest BCUT2D eigenvalue weighted by molar-refractivity contribution is 7.80. The first-order chi connectivity index (χ1) is 13.0. The number of benzene rings is 2. The first-order valence-electron chi connectivity index (χ1n) is 8.47. The lowest BCUT2D eigenvalue weighted by atomic mass is 10.1. The predicted molar refractivity (Wildman–Crippen MR) is 110 cm³/mol. The van der Waals surface area contributed by atoms with Gasteiger partial charge in [0.1, 0.15) is 12.4 Å². The number of carbonyl (C=O) groups excluding carboxylic acids is 1. The summed E-state index contributed by atoms with van der Waals surface area (Å²) in [6.45, 7) is 4.42. The molecule has 0 amide bonds. The monoisotopic (exact) mass is 385 g/mol. The van der Waals surface area contributed by atoms with Crippen molar-refractivity contribution >= 4 is 29.5 Å². The number of esters is 1. The smallest absolute Gasteiger partial charge is 0.337 e. The highest BCUT2D eigenvalue weighted by atomic mass is 32.1. The molecule has 27 heavy (non-hydrogen) atoms. The number of nitrogens with one attached hydrogen (secondary N) is 2. The Morgan fingerprint density at radius 1 is 1.15 bits per heavy atom. The van der Waals surface area contributed by atoms with Crippen molar-refractivity contribution in [1.82, 2.24) is 10.7 Å². The number of hydrogen-bond donors (Lipinski definition) is 2. The van der Waals surface area contributed by atoms with Crippen LogP contribution in [0.3, 0.4) is 0 Å². The molecule has 2 N–H and O–H groups in total. The molecule has 0 saturated heterocycles. The van der Waals surface area contributed by atoms with Crippen LogP contribution in [-0.2, 0) is 11.3 Å². The number of hydrazone groups is 1. The summed E-state index contributed by atoms with van der Waals surface area (Å²) in [5.41, 5.74) is 5.16. The van der Waals surface area contributed by atoms with E-state index in [-0.39, 0.29) is 12.0 Å². The SMILES string of the molecule is COC(=O)c1ccc(COc2ccc(/C=N\NC(=S)NC(C)C)cc2)cc1. The molecule has 2 rings (SSSR count). The molecule has 0 saturated carbocycles. The maximum Gasteiger partial charge on any atom is 0.337 e. The molecule has 0 heterocycles. The normalized spacial score (nSPS) is 10.7. The Kier molecular flexibility index (Phi) is 7.76. The summed E-state index contributed by atoms with van der Waals surface area (Å²) in [6.07, 6.45) is 1.68. The van der Waals surface area contributed by atoms with Crippen LogP contribution in [0.25, 0.3) is 0 Å². The average molecular weight is 385 g/mol. The van der Waals surface area contributed by atoms with E-state index in [2.05, 4.69) is 20.6 Å². The summed E-state index contributed by atoms with van der Waals surface area (Å²) in [7, 11) is 1.36. The molecule has 0 aliphatic heterocycles. The Morgan fingerprint density at radius 3 is 2.41 bits per heavy atom. The van der Waals surface area contributed by atoms with Gasteiger partial charge in [0.15, 0.2) is 5.11 Å². The first-order valence-corrected chi connectivity index (χ1v) is 8.88. The van der Waals surface area contributed by atoms with Crippen LogP contribution in [-0.4, -0.2) is 30.4 Å². The lowest BCUT2D eigenvalue weighted by Gasteiger charge is -2.09. The third kappa shape index (κ3) is 7.07. The van der Waals surface area contributed by atoms with E-state index in [1.54, 1.807) is 18.3 Å². The molecule has 0 bridgehead atoms. The number of ether oxygens (including phenoxy) is 2. The zero-order valence-electron chi connectivity index (χ0n) is 15.6. The van der Waals surface area contributed by atoms with Crippen LogP contribution in [0.5, 0.6) is 5.75 Å². The topological polar surface area (TPSA) is 72.0 Å². The Morgan fingerprint density at radius 2 is 1.81 bits per heavy atom. The molecule has 0 spiro atoms. The fourth-order valence-corrected chi connectivity index (χ4v) is 2.42. The lowest BCUT2D eigenvalue weighted by Crippen LogP contribution is -2.36. The van der Waals surface area contributed by atoms with E-state index in [1.165, 1.54) is 7.11 Å². The molecule has 7 heteroatoms.